The minimum absolute atomic E-state index is 0.0457. The molecule has 0 aromatic heterocycles. The van der Waals surface area contributed by atoms with Crippen LogP contribution in [0.4, 0.5) is 11.4 Å². The Balaban J connectivity index is 2.30. The van der Waals surface area contributed by atoms with Crippen LogP contribution in [0.2, 0.25) is 20.1 Å². The zero-order chi connectivity index (χ0) is 19.6. The molecule has 26 heavy (non-hydrogen) atoms. The summed E-state index contributed by atoms with van der Waals surface area (Å²) in [7, 11) is -3.82. The van der Waals surface area contributed by atoms with Crippen LogP contribution in [0, 0.1) is 0 Å². The van der Waals surface area contributed by atoms with Crippen molar-refractivity contribution >= 4 is 89.6 Å². The van der Waals surface area contributed by atoms with E-state index >= 15 is 0 Å². The van der Waals surface area contributed by atoms with E-state index in [1.54, 1.807) is 12.1 Å². The summed E-state index contributed by atoms with van der Waals surface area (Å²) >= 11 is 27.1. The maximum atomic E-state index is 12.3. The molecule has 1 N–H and O–H groups in total. The van der Waals surface area contributed by atoms with Gasteiger partial charge in [-0.2, -0.15) is 0 Å². The predicted molar refractivity (Wildman–Crippen MR) is 111 cm³/mol. The molecule has 0 atom stereocenters. The molecule has 2 aromatic rings. The Morgan fingerprint density at radius 1 is 1.04 bits per heavy atom. The second kappa shape index (κ2) is 8.54. The molecule has 11 heteroatoms. The van der Waals surface area contributed by atoms with E-state index in [2.05, 4.69) is 21.2 Å². The first-order chi connectivity index (χ1) is 12.0. The molecule has 0 unspecified atom stereocenters. The average Bonchev–Trinajstić information content (AvgIpc) is 2.51. The lowest BCUT2D eigenvalue weighted by Crippen LogP contribution is -2.37. The number of nitrogens with zero attached hydrogens (tertiary/aromatic N) is 1. The summed E-state index contributed by atoms with van der Waals surface area (Å²) in [6.45, 7) is -0.510. The Hall–Kier alpha value is -0.700. The van der Waals surface area contributed by atoms with Gasteiger partial charge in [-0.25, -0.2) is 8.42 Å². The Morgan fingerprint density at radius 3 is 2.23 bits per heavy atom. The molecule has 2 rings (SSSR count). The number of halogens is 5. The number of hydrogen-bond acceptors (Lipinski definition) is 3. The van der Waals surface area contributed by atoms with Crippen molar-refractivity contribution in [2.24, 2.45) is 0 Å². The lowest BCUT2D eigenvalue weighted by molar-refractivity contribution is -0.114. The summed E-state index contributed by atoms with van der Waals surface area (Å²) < 4.78 is 25.8. The summed E-state index contributed by atoms with van der Waals surface area (Å²) in [4.78, 5) is 12.3. The standard InChI is InChI=1S/C15H11BrCl4N2O3S/c1-26(24,25)22(14-6-12(19)11(18)5-13(14)20)7-15(23)21-8-2-3-9(16)10(17)4-8/h2-6H,7H2,1H3,(H,21,23). The van der Waals surface area contributed by atoms with Gasteiger partial charge in [0.25, 0.3) is 0 Å². The third kappa shape index (κ3) is 5.41. The molecule has 0 aliphatic heterocycles. The van der Waals surface area contributed by atoms with Crippen LogP contribution in [0.3, 0.4) is 0 Å². The first kappa shape index (κ1) is 21.6. The van der Waals surface area contributed by atoms with E-state index in [0.29, 0.717) is 15.2 Å². The highest BCUT2D eigenvalue weighted by Crippen LogP contribution is 2.35. The van der Waals surface area contributed by atoms with Crippen molar-refractivity contribution < 1.29 is 13.2 Å². The maximum Gasteiger partial charge on any atom is 0.245 e. The minimum atomic E-state index is -3.82. The number of hydrogen-bond donors (Lipinski definition) is 1. The molecule has 0 fully saturated rings. The molecule has 140 valence electrons. The van der Waals surface area contributed by atoms with Gasteiger partial charge in [0.15, 0.2) is 0 Å². The Labute approximate surface area is 179 Å². The van der Waals surface area contributed by atoms with Crippen molar-refractivity contribution in [1.82, 2.24) is 0 Å². The number of benzene rings is 2. The van der Waals surface area contributed by atoms with Gasteiger partial charge in [-0.3, -0.25) is 9.10 Å². The van der Waals surface area contributed by atoms with Crippen LogP contribution in [0.1, 0.15) is 0 Å². The van der Waals surface area contributed by atoms with Crippen LogP contribution in [0.25, 0.3) is 0 Å². The van der Waals surface area contributed by atoms with E-state index in [1.807, 2.05) is 0 Å². The highest BCUT2D eigenvalue weighted by molar-refractivity contribution is 9.10. The normalized spacial score (nSPS) is 11.3. The maximum absolute atomic E-state index is 12.3. The van der Waals surface area contributed by atoms with Crippen LogP contribution in [-0.2, 0) is 14.8 Å². The van der Waals surface area contributed by atoms with Gasteiger partial charge in [0.2, 0.25) is 15.9 Å². The monoisotopic (exact) mass is 518 g/mol. The Bertz CT molecular complexity index is 970. The summed E-state index contributed by atoms with van der Waals surface area (Å²) in [6.07, 6.45) is 0.954. The third-order valence-corrected chi connectivity index (χ3v) is 6.53. The number of nitrogens with one attached hydrogen (secondary N) is 1. The molecular formula is C15H11BrCl4N2O3S. The second-order valence-electron chi connectivity index (χ2n) is 5.16. The van der Waals surface area contributed by atoms with Crippen LogP contribution in [0.15, 0.2) is 34.8 Å². The Morgan fingerprint density at radius 2 is 1.65 bits per heavy atom. The molecule has 0 heterocycles. The fourth-order valence-electron chi connectivity index (χ4n) is 1.99. The van der Waals surface area contributed by atoms with E-state index in [4.69, 9.17) is 46.4 Å². The van der Waals surface area contributed by atoms with Crippen LogP contribution in [-0.4, -0.2) is 27.1 Å². The first-order valence-corrected chi connectivity index (χ1v) is 11.0. The number of sulfonamides is 1. The number of carbonyl (C=O) groups is 1. The van der Waals surface area contributed by atoms with Gasteiger partial charge in [-0.05, 0) is 46.3 Å². The van der Waals surface area contributed by atoms with Crippen LogP contribution in [0.5, 0.6) is 0 Å². The fourth-order valence-corrected chi connectivity index (χ4v) is 3.97. The highest BCUT2D eigenvalue weighted by Gasteiger charge is 2.24. The van der Waals surface area contributed by atoms with Crippen LogP contribution < -0.4 is 9.62 Å². The number of anilines is 2. The fraction of sp³-hybridized carbons (Fsp3) is 0.133. The van der Waals surface area contributed by atoms with E-state index in [9.17, 15) is 13.2 Å². The van der Waals surface area contributed by atoms with Gasteiger partial charge >= 0.3 is 0 Å². The third-order valence-electron chi connectivity index (χ3n) is 3.15. The van der Waals surface area contributed by atoms with Crippen molar-refractivity contribution in [1.29, 1.82) is 0 Å². The highest BCUT2D eigenvalue weighted by atomic mass is 79.9. The number of rotatable bonds is 5. The molecule has 0 aliphatic carbocycles. The van der Waals surface area contributed by atoms with Gasteiger partial charge in [0.05, 0.1) is 32.0 Å². The first-order valence-electron chi connectivity index (χ1n) is 6.86. The minimum Gasteiger partial charge on any atom is -0.324 e. The average molecular weight is 521 g/mol. The van der Waals surface area contributed by atoms with Gasteiger partial charge in [0.1, 0.15) is 6.54 Å². The second-order valence-corrected chi connectivity index (χ2v) is 9.55. The number of amides is 1. The van der Waals surface area contributed by atoms with E-state index in [-0.39, 0.29) is 20.8 Å². The van der Waals surface area contributed by atoms with Crippen molar-refractivity contribution in [3.05, 3.63) is 54.9 Å². The summed E-state index contributed by atoms with van der Waals surface area (Å²) in [5.41, 5.74) is 0.462. The van der Waals surface area contributed by atoms with E-state index < -0.39 is 22.5 Å². The molecule has 0 bridgehead atoms. The molecule has 0 saturated heterocycles. The molecule has 0 spiro atoms. The topological polar surface area (TPSA) is 66.5 Å². The van der Waals surface area contributed by atoms with Crippen LogP contribution >= 0.6 is 62.3 Å². The Kier molecular flexibility index (Phi) is 7.10. The van der Waals surface area contributed by atoms with Crippen molar-refractivity contribution in [2.45, 2.75) is 0 Å². The molecule has 2 aromatic carbocycles. The zero-order valence-electron chi connectivity index (χ0n) is 13.1. The summed E-state index contributed by atoms with van der Waals surface area (Å²) in [6, 6.07) is 7.40. The quantitative estimate of drug-likeness (QED) is 0.532. The van der Waals surface area contributed by atoms with Crippen molar-refractivity contribution in [3.8, 4) is 0 Å². The molecule has 1 amide bonds. The van der Waals surface area contributed by atoms with Gasteiger partial charge in [0, 0.05) is 10.2 Å². The van der Waals surface area contributed by atoms with Gasteiger partial charge < -0.3 is 5.32 Å². The smallest absolute Gasteiger partial charge is 0.245 e. The van der Waals surface area contributed by atoms with Crippen molar-refractivity contribution in [2.75, 3.05) is 22.4 Å². The lowest BCUT2D eigenvalue weighted by Gasteiger charge is -2.23. The largest absolute Gasteiger partial charge is 0.324 e. The molecular weight excluding hydrogens is 510 g/mol. The SMILES string of the molecule is CS(=O)(=O)N(CC(=O)Nc1ccc(Br)c(Cl)c1)c1cc(Cl)c(Cl)cc1Cl. The van der Waals surface area contributed by atoms with Gasteiger partial charge in [-0.15, -0.1) is 0 Å². The van der Waals surface area contributed by atoms with Crippen molar-refractivity contribution in [3.63, 3.8) is 0 Å². The number of carbonyl (C=O) groups excluding carboxylic acids is 1. The zero-order valence-corrected chi connectivity index (χ0v) is 18.5. The summed E-state index contributed by atoms with van der Waals surface area (Å²) in [5.74, 6) is -0.587. The van der Waals surface area contributed by atoms with E-state index in [1.165, 1.54) is 18.2 Å². The predicted octanol–water partition coefficient (Wildman–Crippen LogP) is 5.47. The molecule has 0 radical (unpaired) electrons. The lowest BCUT2D eigenvalue weighted by atomic mass is 10.3. The van der Waals surface area contributed by atoms with E-state index in [0.717, 1.165) is 10.6 Å². The van der Waals surface area contributed by atoms with Gasteiger partial charge in [-0.1, -0.05) is 46.4 Å². The molecule has 5 nitrogen and oxygen atoms in total. The molecule has 0 saturated carbocycles. The molecule has 0 aliphatic rings. The summed E-state index contributed by atoms with van der Waals surface area (Å²) in [5, 5.41) is 3.30.